The molecule has 2 N–H and O–H groups in total. The van der Waals surface area contributed by atoms with E-state index in [1.54, 1.807) is 6.07 Å². The maximum atomic E-state index is 11.7. The first-order valence-electron chi connectivity index (χ1n) is 6.26. The van der Waals surface area contributed by atoms with Gasteiger partial charge in [-0.2, -0.15) is 0 Å². The number of carboxylic acids is 1. The third-order valence-electron chi connectivity index (χ3n) is 2.66. The van der Waals surface area contributed by atoms with Gasteiger partial charge in [-0.3, -0.25) is 4.79 Å². The maximum absolute atomic E-state index is 11.7. The number of carbonyl (C=O) groups is 2. The highest BCUT2D eigenvalue weighted by atomic mass is 16.5. The van der Waals surface area contributed by atoms with Crippen LogP contribution < -0.4 is 5.32 Å². The average molecular weight is 265 g/mol. The van der Waals surface area contributed by atoms with Crippen molar-refractivity contribution in [2.24, 2.45) is 0 Å². The van der Waals surface area contributed by atoms with Crippen molar-refractivity contribution in [1.29, 1.82) is 0 Å². The molecular formula is C14H19NO4. The molecule has 0 unspecified atom stereocenters. The quantitative estimate of drug-likeness (QED) is 0.742. The predicted molar refractivity (Wildman–Crippen MR) is 72.5 cm³/mol. The van der Waals surface area contributed by atoms with Gasteiger partial charge in [-0.1, -0.05) is 6.07 Å². The molecule has 1 rings (SSSR count). The lowest BCUT2D eigenvalue weighted by atomic mass is 10.1. The monoisotopic (exact) mass is 265 g/mol. The molecule has 1 amide bonds. The van der Waals surface area contributed by atoms with Crippen LogP contribution in [0.3, 0.4) is 0 Å². The van der Waals surface area contributed by atoms with Crippen LogP contribution in [0.5, 0.6) is 0 Å². The highest BCUT2D eigenvalue weighted by molar-refractivity contribution is 5.94. The first-order valence-corrected chi connectivity index (χ1v) is 6.26. The van der Waals surface area contributed by atoms with Crippen LogP contribution in [0, 0.1) is 6.92 Å². The number of carbonyl (C=O) groups excluding carboxylic acids is 1. The number of anilines is 1. The van der Waals surface area contributed by atoms with Crippen molar-refractivity contribution in [3.63, 3.8) is 0 Å². The minimum Gasteiger partial charge on any atom is -0.478 e. The van der Waals surface area contributed by atoms with Crippen LogP contribution in [0.2, 0.25) is 0 Å². The van der Waals surface area contributed by atoms with Crippen LogP contribution in [0.1, 0.15) is 35.7 Å². The van der Waals surface area contributed by atoms with Gasteiger partial charge in [-0.25, -0.2) is 4.79 Å². The summed E-state index contributed by atoms with van der Waals surface area (Å²) in [7, 11) is 0. The third kappa shape index (κ3) is 5.09. The number of nitrogens with one attached hydrogen (secondary N) is 1. The topological polar surface area (TPSA) is 75.6 Å². The molecule has 0 radical (unpaired) electrons. The molecule has 1 aromatic carbocycles. The average Bonchev–Trinajstić information content (AvgIpc) is 2.37. The highest BCUT2D eigenvalue weighted by Crippen LogP contribution is 2.17. The van der Waals surface area contributed by atoms with E-state index in [-0.39, 0.29) is 11.5 Å². The number of aromatic carboxylic acids is 1. The van der Waals surface area contributed by atoms with Crippen molar-refractivity contribution in [2.75, 3.05) is 18.5 Å². The number of ether oxygens (including phenoxy) is 1. The molecule has 0 aliphatic rings. The molecule has 0 saturated carbocycles. The number of hydrogen-bond donors (Lipinski definition) is 2. The number of hydrogen-bond acceptors (Lipinski definition) is 3. The van der Waals surface area contributed by atoms with Gasteiger partial charge in [0.25, 0.3) is 0 Å². The lowest BCUT2D eigenvalue weighted by Crippen LogP contribution is -2.13. The number of rotatable bonds is 7. The minimum absolute atomic E-state index is 0.134. The Morgan fingerprint density at radius 1 is 1.37 bits per heavy atom. The molecule has 5 heteroatoms. The first kappa shape index (κ1) is 15.2. The molecule has 5 nitrogen and oxygen atoms in total. The van der Waals surface area contributed by atoms with E-state index in [1.165, 1.54) is 12.1 Å². The van der Waals surface area contributed by atoms with Crippen molar-refractivity contribution < 1.29 is 19.4 Å². The van der Waals surface area contributed by atoms with E-state index in [9.17, 15) is 9.59 Å². The molecule has 0 aromatic heterocycles. The van der Waals surface area contributed by atoms with Crippen molar-refractivity contribution in [3.8, 4) is 0 Å². The smallest absolute Gasteiger partial charge is 0.335 e. The molecule has 0 aliphatic carbocycles. The zero-order valence-corrected chi connectivity index (χ0v) is 11.2. The molecule has 1 aromatic rings. The van der Waals surface area contributed by atoms with Crippen LogP contribution >= 0.6 is 0 Å². The van der Waals surface area contributed by atoms with Gasteiger partial charge in [0, 0.05) is 25.3 Å². The lowest BCUT2D eigenvalue weighted by molar-refractivity contribution is -0.116. The summed E-state index contributed by atoms with van der Waals surface area (Å²) in [6.07, 6.45) is 1.01. The zero-order chi connectivity index (χ0) is 14.3. The second-order valence-corrected chi connectivity index (χ2v) is 4.18. The summed E-state index contributed by atoms with van der Waals surface area (Å²) in [4.78, 5) is 22.6. The first-order chi connectivity index (χ1) is 9.04. The summed E-state index contributed by atoms with van der Waals surface area (Å²) in [5, 5.41) is 11.6. The Morgan fingerprint density at radius 3 is 2.74 bits per heavy atom. The van der Waals surface area contributed by atoms with Crippen molar-refractivity contribution in [2.45, 2.75) is 26.7 Å². The Labute approximate surface area is 112 Å². The molecule has 19 heavy (non-hydrogen) atoms. The van der Waals surface area contributed by atoms with Crippen LogP contribution in [0.15, 0.2) is 18.2 Å². The zero-order valence-electron chi connectivity index (χ0n) is 11.2. The van der Waals surface area contributed by atoms with Gasteiger partial charge in [0.1, 0.15) is 0 Å². The van der Waals surface area contributed by atoms with Crippen LogP contribution in [-0.2, 0) is 9.53 Å². The van der Waals surface area contributed by atoms with Crippen LogP contribution in [0.4, 0.5) is 5.69 Å². The minimum atomic E-state index is -1.01. The van der Waals surface area contributed by atoms with Gasteiger partial charge in [-0.15, -0.1) is 0 Å². The van der Waals surface area contributed by atoms with Gasteiger partial charge in [0.15, 0.2) is 0 Å². The van der Waals surface area contributed by atoms with Gasteiger partial charge < -0.3 is 15.2 Å². The van der Waals surface area contributed by atoms with E-state index in [2.05, 4.69) is 5.32 Å². The predicted octanol–water partition coefficient (Wildman–Crippen LogP) is 2.45. The second-order valence-electron chi connectivity index (χ2n) is 4.18. The summed E-state index contributed by atoms with van der Waals surface area (Å²) in [5.41, 5.74) is 1.54. The van der Waals surface area contributed by atoms with E-state index < -0.39 is 5.97 Å². The summed E-state index contributed by atoms with van der Waals surface area (Å²) >= 11 is 0. The van der Waals surface area contributed by atoms with Crippen molar-refractivity contribution >= 4 is 17.6 Å². The Bertz CT molecular complexity index is 457. The Hall–Kier alpha value is -1.88. The van der Waals surface area contributed by atoms with E-state index in [4.69, 9.17) is 9.84 Å². The molecule has 0 atom stereocenters. The Morgan fingerprint density at radius 2 is 2.11 bits per heavy atom. The van der Waals surface area contributed by atoms with Gasteiger partial charge in [0.05, 0.1) is 5.56 Å². The normalized spacial score (nSPS) is 10.2. The highest BCUT2D eigenvalue weighted by Gasteiger charge is 2.08. The summed E-state index contributed by atoms with van der Waals surface area (Å²) in [5.74, 6) is -1.14. The summed E-state index contributed by atoms with van der Waals surface area (Å²) in [6, 6.07) is 4.67. The fourth-order valence-corrected chi connectivity index (χ4v) is 1.58. The summed E-state index contributed by atoms with van der Waals surface area (Å²) in [6.45, 7) is 4.92. The molecule has 0 saturated heterocycles. The number of carboxylic acid groups (broad SMARTS) is 1. The molecule has 0 fully saturated rings. The number of benzene rings is 1. The fraction of sp³-hybridized carbons (Fsp3) is 0.429. The van der Waals surface area contributed by atoms with E-state index in [0.29, 0.717) is 31.7 Å². The Kier molecular flexibility index (Phi) is 6.02. The molecule has 0 bridgehead atoms. The van der Waals surface area contributed by atoms with E-state index in [0.717, 1.165) is 5.56 Å². The van der Waals surface area contributed by atoms with Crippen LogP contribution in [0.25, 0.3) is 0 Å². The van der Waals surface area contributed by atoms with E-state index >= 15 is 0 Å². The fourth-order valence-electron chi connectivity index (χ4n) is 1.58. The van der Waals surface area contributed by atoms with Crippen molar-refractivity contribution in [1.82, 2.24) is 0 Å². The van der Waals surface area contributed by atoms with Crippen molar-refractivity contribution in [3.05, 3.63) is 29.3 Å². The SMILES string of the molecule is CCOCCCC(=O)Nc1cc(C(=O)O)ccc1C. The number of aryl methyl sites for hydroxylation is 1. The molecule has 0 aliphatic heterocycles. The lowest BCUT2D eigenvalue weighted by Gasteiger charge is -2.09. The largest absolute Gasteiger partial charge is 0.478 e. The standard InChI is InChI=1S/C14H19NO4/c1-3-19-8-4-5-13(16)15-12-9-11(14(17)18)7-6-10(12)2/h6-7,9H,3-5,8H2,1-2H3,(H,15,16)(H,17,18). The second kappa shape index (κ2) is 7.53. The summed E-state index contributed by atoms with van der Waals surface area (Å²) < 4.78 is 5.15. The van der Waals surface area contributed by atoms with Gasteiger partial charge in [-0.05, 0) is 38.0 Å². The van der Waals surface area contributed by atoms with Gasteiger partial charge >= 0.3 is 5.97 Å². The van der Waals surface area contributed by atoms with Gasteiger partial charge in [0.2, 0.25) is 5.91 Å². The maximum Gasteiger partial charge on any atom is 0.335 e. The Balaban J connectivity index is 2.58. The van der Waals surface area contributed by atoms with E-state index in [1.807, 2.05) is 13.8 Å². The molecule has 0 heterocycles. The van der Waals surface area contributed by atoms with Crippen LogP contribution in [-0.4, -0.2) is 30.2 Å². The number of amides is 1. The molecule has 0 spiro atoms. The molecular weight excluding hydrogens is 246 g/mol. The molecule has 104 valence electrons. The third-order valence-corrected chi connectivity index (χ3v) is 2.66.